The first-order chi connectivity index (χ1) is 7.21. The zero-order valence-electron chi connectivity index (χ0n) is 10.5. The second kappa shape index (κ2) is 8.72. The molecule has 0 aromatic carbocycles. The van der Waals surface area contributed by atoms with Crippen molar-refractivity contribution in [3.8, 4) is 0 Å². The van der Waals surface area contributed by atoms with E-state index in [1.165, 1.54) is 0 Å². The van der Waals surface area contributed by atoms with Gasteiger partial charge >= 0.3 is 5.97 Å². The summed E-state index contributed by atoms with van der Waals surface area (Å²) in [4.78, 5) is 11.7. The second-order valence-corrected chi connectivity index (χ2v) is 3.72. The van der Waals surface area contributed by atoms with E-state index in [9.17, 15) is 4.79 Å². The average molecular weight is 215 g/mol. The van der Waals surface area contributed by atoms with Gasteiger partial charge in [0.1, 0.15) is 0 Å². The number of carbonyl (C=O) groups excluding carboxylic acids is 1. The maximum absolute atomic E-state index is 11.7. The van der Waals surface area contributed by atoms with E-state index in [2.05, 4.69) is 26.1 Å². The first kappa shape index (κ1) is 14.4. The van der Waals surface area contributed by atoms with E-state index in [1.54, 1.807) is 0 Å². The van der Waals surface area contributed by atoms with E-state index < -0.39 is 0 Å². The van der Waals surface area contributed by atoms with Crippen molar-refractivity contribution in [3.63, 3.8) is 0 Å². The number of ether oxygens (including phenoxy) is 1. The molecule has 0 fully saturated rings. The lowest BCUT2D eigenvalue weighted by molar-refractivity contribution is -0.149. The highest BCUT2D eigenvalue weighted by Gasteiger charge is 2.26. The summed E-state index contributed by atoms with van der Waals surface area (Å²) >= 11 is 0. The molecule has 0 heterocycles. The highest BCUT2D eigenvalue weighted by atomic mass is 16.5. The van der Waals surface area contributed by atoms with Crippen LogP contribution >= 0.6 is 0 Å². The molecule has 2 atom stereocenters. The van der Waals surface area contributed by atoms with Crippen molar-refractivity contribution in [3.05, 3.63) is 0 Å². The van der Waals surface area contributed by atoms with E-state index in [1.807, 2.05) is 6.92 Å². The minimum Gasteiger partial charge on any atom is -0.466 e. The largest absolute Gasteiger partial charge is 0.466 e. The van der Waals surface area contributed by atoms with Crippen LogP contribution in [-0.2, 0) is 9.53 Å². The van der Waals surface area contributed by atoms with Crippen LogP contribution < -0.4 is 5.32 Å². The molecule has 0 rings (SSSR count). The molecule has 0 aliphatic rings. The van der Waals surface area contributed by atoms with E-state index in [-0.39, 0.29) is 17.9 Å². The molecule has 0 amide bonds. The fraction of sp³-hybridized carbons (Fsp3) is 0.917. The predicted molar refractivity (Wildman–Crippen MR) is 62.8 cm³/mol. The topological polar surface area (TPSA) is 38.3 Å². The highest BCUT2D eigenvalue weighted by molar-refractivity contribution is 5.73. The molecule has 0 spiro atoms. The molecule has 15 heavy (non-hydrogen) atoms. The molecule has 3 heteroatoms. The van der Waals surface area contributed by atoms with Gasteiger partial charge in [0.15, 0.2) is 0 Å². The Balaban J connectivity index is 4.38. The summed E-state index contributed by atoms with van der Waals surface area (Å²) in [6.45, 7) is 9.51. The molecule has 0 saturated carbocycles. The fourth-order valence-electron chi connectivity index (χ4n) is 1.88. The quantitative estimate of drug-likeness (QED) is 0.632. The van der Waals surface area contributed by atoms with Crippen LogP contribution in [0.4, 0.5) is 0 Å². The smallest absolute Gasteiger partial charge is 0.310 e. The SMILES string of the molecule is CCCC(C(=O)OCC)C(CC)NCC. The molecule has 0 bridgehead atoms. The summed E-state index contributed by atoms with van der Waals surface area (Å²) < 4.78 is 5.11. The van der Waals surface area contributed by atoms with Crippen LogP contribution in [0.3, 0.4) is 0 Å². The third-order valence-electron chi connectivity index (χ3n) is 2.58. The lowest BCUT2D eigenvalue weighted by Gasteiger charge is -2.24. The number of rotatable bonds is 8. The molecular formula is C12H25NO2. The standard InChI is InChI=1S/C12H25NO2/c1-5-9-10(12(14)15-8-4)11(6-2)13-7-3/h10-11,13H,5-9H2,1-4H3. The zero-order chi connectivity index (χ0) is 11.7. The Morgan fingerprint density at radius 1 is 1.27 bits per heavy atom. The van der Waals surface area contributed by atoms with Crippen molar-refractivity contribution in [2.45, 2.75) is 53.0 Å². The van der Waals surface area contributed by atoms with Crippen LogP contribution in [0.1, 0.15) is 47.0 Å². The molecule has 0 aromatic rings. The van der Waals surface area contributed by atoms with Gasteiger partial charge in [-0.3, -0.25) is 4.79 Å². The molecule has 0 aromatic heterocycles. The molecule has 0 aliphatic heterocycles. The minimum absolute atomic E-state index is 0.0138. The van der Waals surface area contributed by atoms with Crippen LogP contribution in [0.2, 0.25) is 0 Å². The van der Waals surface area contributed by atoms with Gasteiger partial charge in [-0.2, -0.15) is 0 Å². The van der Waals surface area contributed by atoms with Gasteiger partial charge < -0.3 is 10.1 Å². The van der Waals surface area contributed by atoms with Crippen molar-refractivity contribution in [2.24, 2.45) is 5.92 Å². The second-order valence-electron chi connectivity index (χ2n) is 3.72. The normalized spacial score (nSPS) is 14.7. The maximum Gasteiger partial charge on any atom is 0.310 e. The number of esters is 1. The summed E-state index contributed by atoms with van der Waals surface area (Å²) in [5, 5.41) is 3.36. The van der Waals surface area contributed by atoms with Crippen LogP contribution in [0.15, 0.2) is 0 Å². The van der Waals surface area contributed by atoms with E-state index in [0.717, 1.165) is 25.8 Å². The minimum atomic E-state index is -0.0489. The van der Waals surface area contributed by atoms with E-state index in [0.29, 0.717) is 6.61 Å². The Hall–Kier alpha value is -0.570. The summed E-state index contributed by atoms with van der Waals surface area (Å²) in [5.41, 5.74) is 0. The van der Waals surface area contributed by atoms with Crippen LogP contribution in [0.25, 0.3) is 0 Å². The number of nitrogens with one attached hydrogen (secondary N) is 1. The first-order valence-corrected chi connectivity index (χ1v) is 6.11. The molecule has 0 aliphatic carbocycles. The molecule has 1 N–H and O–H groups in total. The molecular weight excluding hydrogens is 190 g/mol. The Labute approximate surface area is 93.6 Å². The third kappa shape index (κ3) is 5.17. The van der Waals surface area contributed by atoms with Gasteiger partial charge in [0.2, 0.25) is 0 Å². The lowest BCUT2D eigenvalue weighted by atomic mass is 9.93. The maximum atomic E-state index is 11.7. The number of hydrogen-bond donors (Lipinski definition) is 1. The van der Waals surface area contributed by atoms with Gasteiger partial charge in [-0.15, -0.1) is 0 Å². The average Bonchev–Trinajstić information content (AvgIpc) is 2.23. The predicted octanol–water partition coefficient (Wildman–Crippen LogP) is 2.35. The van der Waals surface area contributed by atoms with Crippen LogP contribution in [0, 0.1) is 5.92 Å². The van der Waals surface area contributed by atoms with E-state index >= 15 is 0 Å². The van der Waals surface area contributed by atoms with Gasteiger partial charge in [0.25, 0.3) is 0 Å². The van der Waals surface area contributed by atoms with Crippen molar-refractivity contribution >= 4 is 5.97 Å². The third-order valence-corrected chi connectivity index (χ3v) is 2.58. The van der Waals surface area contributed by atoms with Crippen molar-refractivity contribution in [1.82, 2.24) is 5.32 Å². The Kier molecular flexibility index (Phi) is 8.38. The first-order valence-electron chi connectivity index (χ1n) is 6.11. The van der Waals surface area contributed by atoms with Crippen LogP contribution in [0.5, 0.6) is 0 Å². The van der Waals surface area contributed by atoms with Crippen molar-refractivity contribution < 1.29 is 9.53 Å². The molecule has 0 saturated heterocycles. The monoisotopic (exact) mass is 215 g/mol. The fourth-order valence-corrected chi connectivity index (χ4v) is 1.88. The molecule has 2 unspecified atom stereocenters. The zero-order valence-corrected chi connectivity index (χ0v) is 10.5. The van der Waals surface area contributed by atoms with Gasteiger partial charge in [-0.1, -0.05) is 27.2 Å². The van der Waals surface area contributed by atoms with E-state index in [4.69, 9.17) is 4.74 Å². The van der Waals surface area contributed by atoms with Crippen molar-refractivity contribution in [2.75, 3.05) is 13.2 Å². The summed E-state index contributed by atoms with van der Waals surface area (Å²) in [6.07, 6.45) is 2.90. The molecule has 90 valence electrons. The number of hydrogen-bond acceptors (Lipinski definition) is 3. The van der Waals surface area contributed by atoms with Gasteiger partial charge in [0.05, 0.1) is 12.5 Å². The summed E-state index contributed by atoms with van der Waals surface area (Å²) in [7, 11) is 0. The lowest BCUT2D eigenvalue weighted by Crippen LogP contribution is -2.40. The van der Waals surface area contributed by atoms with Crippen molar-refractivity contribution in [1.29, 1.82) is 0 Å². The van der Waals surface area contributed by atoms with Crippen LogP contribution in [-0.4, -0.2) is 25.2 Å². The van der Waals surface area contributed by atoms with Gasteiger partial charge in [0, 0.05) is 6.04 Å². The van der Waals surface area contributed by atoms with Gasteiger partial charge in [-0.25, -0.2) is 0 Å². The molecule has 0 radical (unpaired) electrons. The molecule has 3 nitrogen and oxygen atoms in total. The Morgan fingerprint density at radius 3 is 2.33 bits per heavy atom. The summed E-state index contributed by atoms with van der Waals surface area (Å²) in [5.74, 6) is -0.0351. The van der Waals surface area contributed by atoms with Gasteiger partial charge in [-0.05, 0) is 26.3 Å². The Bertz CT molecular complexity index is 171. The highest BCUT2D eigenvalue weighted by Crippen LogP contribution is 2.16. The summed E-state index contributed by atoms with van der Waals surface area (Å²) in [6, 6.07) is 0.258. The number of carbonyl (C=O) groups is 1. The Morgan fingerprint density at radius 2 is 1.93 bits per heavy atom.